The number of fused-ring (bicyclic) bond motifs is 1. The Morgan fingerprint density at radius 3 is 2.60 bits per heavy atom. The minimum Gasteiger partial charge on any atom is -0.346 e. The predicted octanol–water partition coefficient (Wildman–Crippen LogP) is 3.21. The van der Waals surface area contributed by atoms with Gasteiger partial charge in [0.15, 0.2) is 0 Å². The van der Waals surface area contributed by atoms with Crippen LogP contribution in [0.3, 0.4) is 0 Å². The Kier molecular flexibility index (Phi) is 5.77. The molecule has 154 valence electrons. The summed E-state index contributed by atoms with van der Waals surface area (Å²) in [5.41, 5.74) is 2.07. The number of likely N-dealkylation sites (tertiary alicyclic amines) is 1. The standard InChI is InChI=1S/C24H25N3O3/c1-17-11-12-19(15-22(17)27(29)30)24(28)25-16-23(26-13-4-5-14-26)21-10-6-8-18-7-2-3-9-20(18)21/h2-3,6-12,15,23H,4-5,13-14,16H2,1H3,(H,25,28)/p+1/t23-/m1/s1. The zero-order valence-electron chi connectivity index (χ0n) is 17.1. The van der Waals surface area contributed by atoms with E-state index in [4.69, 9.17) is 0 Å². The largest absolute Gasteiger partial charge is 0.346 e. The first-order valence-corrected chi connectivity index (χ1v) is 10.4. The van der Waals surface area contributed by atoms with Crippen LogP contribution in [-0.4, -0.2) is 30.5 Å². The summed E-state index contributed by atoms with van der Waals surface area (Å²) in [6, 6.07) is 19.4. The summed E-state index contributed by atoms with van der Waals surface area (Å²) in [5, 5.41) is 16.7. The molecule has 1 atom stereocenters. The Balaban J connectivity index is 1.60. The van der Waals surface area contributed by atoms with Crippen molar-refractivity contribution in [3.05, 3.63) is 87.5 Å². The Bertz CT molecular complexity index is 1080. The zero-order valence-corrected chi connectivity index (χ0v) is 17.1. The molecule has 1 aliphatic rings. The van der Waals surface area contributed by atoms with Gasteiger partial charge in [-0.15, -0.1) is 0 Å². The van der Waals surface area contributed by atoms with Gasteiger partial charge < -0.3 is 10.2 Å². The molecule has 0 aromatic heterocycles. The topological polar surface area (TPSA) is 76.7 Å². The van der Waals surface area contributed by atoms with Crippen LogP contribution < -0.4 is 10.2 Å². The number of nitro groups is 1. The van der Waals surface area contributed by atoms with Crippen LogP contribution in [0.1, 0.15) is 40.4 Å². The molecule has 0 radical (unpaired) electrons. The number of benzene rings is 3. The summed E-state index contributed by atoms with van der Waals surface area (Å²) in [6.07, 6.45) is 2.38. The maximum Gasteiger partial charge on any atom is 0.273 e. The summed E-state index contributed by atoms with van der Waals surface area (Å²) in [7, 11) is 0. The number of carbonyl (C=O) groups is 1. The summed E-state index contributed by atoms with van der Waals surface area (Å²) < 4.78 is 0. The first kappa shape index (κ1) is 20.0. The van der Waals surface area contributed by atoms with Gasteiger partial charge in [-0.2, -0.15) is 0 Å². The summed E-state index contributed by atoms with van der Waals surface area (Å²) >= 11 is 0. The van der Waals surface area contributed by atoms with Gasteiger partial charge in [0, 0.05) is 35.6 Å². The normalized spacial score (nSPS) is 15.2. The third-order valence-electron chi connectivity index (χ3n) is 6.07. The van der Waals surface area contributed by atoms with Crippen molar-refractivity contribution in [2.45, 2.75) is 25.8 Å². The van der Waals surface area contributed by atoms with Crippen LogP contribution in [0.5, 0.6) is 0 Å². The van der Waals surface area contributed by atoms with E-state index in [9.17, 15) is 14.9 Å². The van der Waals surface area contributed by atoms with Crippen LogP contribution in [0.15, 0.2) is 60.7 Å². The molecule has 1 amide bonds. The van der Waals surface area contributed by atoms with Gasteiger partial charge in [0.1, 0.15) is 6.04 Å². The Morgan fingerprint density at radius 1 is 1.10 bits per heavy atom. The molecule has 6 heteroatoms. The Morgan fingerprint density at radius 2 is 1.83 bits per heavy atom. The van der Waals surface area contributed by atoms with Gasteiger partial charge in [0.2, 0.25) is 0 Å². The highest BCUT2D eigenvalue weighted by atomic mass is 16.6. The number of amides is 1. The number of aryl methyl sites for hydroxylation is 1. The van der Waals surface area contributed by atoms with Gasteiger partial charge in [0.05, 0.1) is 24.6 Å². The molecule has 0 saturated carbocycles. The van der Waals surface area contributed by atoms with Crippen LogP contribution in [0.2, 0.25) is 0 Å². The number of rotatable bonds is 6. The van der Waals surface area contributed by atoms with Gasteiger partial charge in [-0.1, -0.05) is 48.5 Å². The minimum absolute atomic E-state index is 0.0292. The SMILES string of the molecule is Cc1ccc(C(=O)NC[C@H](c2cccc3ccccc23)[NH+]2CCCC2)cc1[N+](=O)[O-]. The third-order valence-corrected chi connectivity index (χ3v) is 6.07. The Hall–Kier alpha value is -3.25. The van der Waals surface area contributed by atoms with Crippen molar-refractivity contribution in [3.63, 3.8) is 0 Å². The second-order valence-corrected chi connectivity index (χ2v) is 7.95. The van der Waals surface area contributed by atoms with Gasteiger partial charge in [-0.3, -0.25) is 14.9 Å². The molecule has 4 rings (SSSR count). The molecule has 30 heavy (non-hydrogen) atoms. The van der Waals surface area contributed by atoms with E-state index in [-0.39, 0.29) is 17.6 Å². The first-order valence-electron chi connectivity index (χ1n) is 10.4. The maximum atomic E-state index is 12.8. The molecule has 0 spiro atoms. The van der Waals surface area contributed by atoms with Crippen molar-refractivity contribution in [1.29, 1.82) is 0 Å². The van der Waals surface area contributed by atoms with Crippen molar-refractivity contribution >= 4 is 22.4 Å². The van der Waals surface area contributed by atoms with E-state index < -0.39 is 4.92 Å². The van der Waals surface area contributed by atoms with Crippen molar-refractivity contribution in [1.82, 2.24) is 5.32 Å². The van der Waals surface area contributed by atoms with E-state index in [0.717, 1.165) is 13.1 Å². The molecule has 1 fully saturated rings. The van der Waals surface area contributed by atoms with Gasteiger partial charge in [-0.05, 0) is 23.8 Å². The van der Waals surface area contributed by atoms with Crippen LogP contribution in [0, 0.1) is 17.0 Å². The highest BCUT2D eigenvalue weighted by molar-refractivity contribution is 5.95. The lowest BCUT2D eigenvalue weighted by atomic mass is 9.97. The quantitative estimate of drug-likeness (QED) is 0.489. The minimum atomic E-state index is -0.445. The summed E-state index contributed by atoms with van der Waals surface area (Å²) in [6.45, 7) is 4.33. The van der Waals surface area contributed by atoms with E-state index in [1.807, 2.05) is 12.1 Å². The van der Waals surface area contributed by atoms with Crippen molar-refractivity contribution in [2.75, 3.05) is 19.6 Å². The lowest BCUT2D eigenvalue weighted by Gasteiger charge is -2.26. The van der Waals surface area contributed by atoms with E-state index in [2.05, 4.69) is 35.6 Å². The van der Waals surface area contributed by atoms with Gasteiger partial charge >= 0.3 is 0 Å². The zero-order chi connectivity index (χ0) is 21.1. The fraction of sp³-hybridized carbons (Fsp3) is 0.292. The van der Waals surface area contributed by atoms with Gasteiger partial charge in [-0.25, -0.2) is 0 Å². The molecule has 0 unspecified atom stereocenters. The molecule has 3 aromatic carbocycles. The lowest BCUT2D eigenvalue weighted by molar-refractivity contribution is -0.918. The summed E-state index contributed by atoms with van der Waals surface area (Å²) in [4.78, 5) is 25.0. The number of hydrogen-bond donors (Lipinski definition) is 2. The number of nitrogens with zero attached hydrogens (tertiary/aromatic N) is 1. The number of nitrogens with one attached hydrogen (secondary N) is 2. The molecule has 1 aliphatic heterocycles. The highest BCUT2D eigenvalue weighted by Crippen LogP contribution is 2.24. The summed E-state index contributed by atoms with van der Waals surface area (Å²) in [5.74, 6) is -0.276. The number of hydrogen-bond acceptors (Lipinski definition) is 3. The highest BCUT2D eigenvalue weighted by Gasteiger charge is 2.29. The van der Waals surface area contributed by atoms with Crippen LogP contribution in [-0.2, 0) is 0 Å². The van der Waals surface area contributed by atoms with Crippen LogP contribution in [0.4, 0.5) is 5.69 Å². The van der Waals surface area contributed by atoms with Crippen LogP contribution in [0.25, 0.3) is 10.8 Å². The fourth-order valence-corrected chi connectivity index (χ4v) is 4.45. The van der Waals surface area contributed by atoms with Crippen molar-refractivity contribution in [2.24, 2.45) is 0 Å². The first-order chi connectivity index (χ1) is 14.5. The number of quaternary nitrogens is 1. The molecule has 2 N–H and O–H groups in total. The second kappa shape index (κ2) is 8.63. The molecular weight excluding hydrogens is 378 g/mol. The van der Waals surface area contributed by atoms with Crippen molar-refractivity contribution < 1.29 is 14.6 Å². The van der Waals surface area contributed by atoms with Gasteiger partial charge in [0.25, 0.3) is 11.6 Å². The predicted molar refractivity (Wildman–Crippen MR) is 117 cm³/mol. The average molecular weight is 404 g/mol. The molecule has 1 saturated heterocycles. The van der Waals surface area contributed by atoms with E-state index >= 15 is 0 Å². The number of nitro benzene ring substituents is 1. The fourth-order valence-electron chi connectivity index (χ4n) is 4.45. The molecule has 6 nitrogen and oxygen atoms in total. The Labute approximate surface area is 175 Å². The van der Waals surface area contributed by atoms with E-state index in [1.54, 1.807) is 19.1 Å². The lowest BCUT2D eigenvalue weighted by Crippen LogP contribution is -3.11. The molecule has 1 heterocycles. The maximum absolute atomic E-state index is 12.8. The smallest absolute Gasteiger partial charge is 0.273 e. The molecule has 0 aliphatic carbocycles. The second-order valence-electron chi connectivity index (χ2n) is 7.95. The van der Waals surface area contributed by atoms with E-state index in [1.165, 1.54) is 40.1 Å². The monoisotopic (exact) mass is 404 g/mol. The third kappa shape index (κ3) is 4.04. The van der Waals surface area contributed by atoms with E-state index in [0.29, 0.717) is 17.7 Å². The number of carbonyl (C=O) groups excluding carboxylic acids is 1. The van der Waals surface area contributed by atoms with Crippen molar-refractivity contribution in [3.8, 4) is 0 Å². The molecule has 3 aromatic rings. The average Bonchev–Trinajstić information content (AvgIpc) is 3.28. The molecular formula is C24H26N3O3+. The molecule has 0 bridgehead atoms. The van der Waals surface area contributed by atoms with Crippen LogP contribution >= 0.6 is 0 Å².